The molecule has 0 saturated carbocycles. The summed E-state index contributed by atoms with van der Waals surface area (Å²) in [4.78, 5) is 9.07. The van der Waals surface area contributed by atoms with Crippen molar-refractivity contribution in [3.8, 4) is 0 Å². The van der Waals surface area contributed by atoms with E-state index in [2.05, 4.69) is 9.78 Å². The molecule has 0 N–H and O–H groups in total. The number of halogens is 5. The first-order chi connectivity index (χ1) is 16.4. The Hall–Kier alpha value is -0.320. The number of hydrogen-bond donors (Lipinski definition) is 0. The summed E-state index contributed by atoms with van der Waals surface area (Å²) in [5, 5.41) is -1.60. The quantitative estimate of drug-likeness (QED) is 0.0685. The largest absolute Gasteiger partial charge is 0.415 e. The molecule has 36 heavy (non-hydrogen) atoms. The fourth-order valence-corrected chi connectivity index (χ4v) is 6.56. The first-order valence-electron chi connectivity index (χ1n) is 12.6. The Kier molecular flexibility index (Phi) is 13.0. The molecule has 1 unspecified atom stereocenters. The third kappa shape index (κ3) is 5.81. The summed E-state index contributed by atoms with van der Waals surface area (Å²) < 4.78 is 107. The summed E-state index contributed by atoms with van der Waals surface area (Å²) >= 11 is 0. The molecule has 0 spiro atoms. The van der Waals surface area contributed by atoms with Crippen LogP contribution in [0, 0.1) is 10.8 Å². The van der Waals surface area contributed by atoms with Crippen LogP contribution in [-0.4, -0.2) is 43.7 Å². The van der Waals surface area contributed by atoms with Crippen molar-refractivity contribution in [2.45, 2.75) is 123 Å². The highest BCUT2D eigenvalue weighted by molar-refractivity contribution is 7.55. The van der Waals surface area contributed by atoms with E-state index in [1.54, 1.807) is 13.8 Å². The van der Waals surface area contributed by atoms with Crippen LogP contribution in [0.25, 0.3) is 0 Å². The number of ether oxygens (including phenoxy) is 1. The van der Waals surface area contributed by atoms with Crippen molar-refractivity contribution in [1.29, 1.82) is 0 Å². The molecule has 0 aromatic rings. The van der Waals surface area contributed by atoms with Crippen molar-refractivity contribution < 1.29 is 50.4 Å². The monoisotopic (exact) mass is 556 g/mol. The van der Waals surface area contributed by atoms with E-state index in [9.17, 15) is 4.57 Å². The molecule has 12 heteroatoms. The Labute approximate surface area is 213 Å². The molecule has 6 nitrogen and oxygen atoms in total. The van der Waals surface area contributed by atoms with Crippen LogP contribution in [0.15, 0.2) is 0 Å². The van der Waals surface area contributed by atoms with Gasteiger partial charge in [0.15, 0.2) is 11.0 Å². The predicted octanol–water partition coefficient (Wildman–Crippen LogP) is 8.89. The molecule has 0 aliphatic rings. The lowest BCUT2D eigenvalue weighted by atomic mass is 9.53. The van der Waals surface area contributed by atoms with Gasteiger partial charge in [-0.05, 0) is 57.3 Å². The first kappa shape index (κ1) is 35.7. The van der Waals surface area contributed by atoms with Crippen LogP contribution in [0.3, 0.4) is 0 Å². The van der Waals surface area contributed by atoms with Crippen LogP contribution in [0.1, 0.15) is 100 Å². The van der Waals surface area contributed by atoms with Crippen molar-refractivity contribution in [2.24, 2.45) is 10.8 Å². The Morgan fingerprint density at radius 1 is 0.667 bits per heavy atom. The van der Waals surface area contributed by atoms with Crippen molar-refractivity contribution in [3.63, 3.8) is 0 Å². The minimum absolute atomic E-state index is 0.0882. The second-order valence-electron chi connectivity index (χ2n) is 9.63. The standard InChI is InChI=1S/C24H46F5O6P/c1-11-19(7,17-18-33-20(8,12-2)36(30,34-31-9)35-32-10)21(13-3,14-4)23(26,27)24(28,29)22(25,15-5)16-6/h11-18H2,1-10H3/t19?,20-/m0/s1. The maximum absolute atomic E-state index is 16.0. The SMILES string of the molecule is CCC(C)(CCO[C@](C)(CC)P(=O)(OOC)OOC)C(CC)(CC)C(F)(F)C(F)(F)C(F)(CC)CC. The van der Waals surface area contributed by atoms with E-state index in [0.717, 1.165) is 28.1 Å². The average Bonchev–Trinajstić information content (AvgIpc) is 2.84. The number of hydrogen-bond acceptors (Lipinski definition) is 6. The molecule has 2 atom stereocenters. The van der Waals surface area contributed by atoms with Gasteiger partial charge < -0.3 is 4.74 Å². The molecule has 0 aromatic heterocycles. The Morgan fingerprint density at radius 2 is 1.11 bits per heavy atom. The summed E-state index contributed by atoms with van der Waals surface area (Å²) in [6.45, 7) is 11.1. The first-order valence-corrected chi connectivity index (χ1v) is 14.1. The summed E-state index contributed by atoms with van der Waals surface area (Å²) in [5.74, 6) is -9.57. The van der Waals surface area contributed by atoms with Gasteiger partial charge in [0.05, 0.1) is 14.2 Å². The van der Waals surface area contributed by atoms with E-state index < -0.39 is 54.1 Å². The summed E-state index contributed by atoms with van der Waals surface area (Å²) in [6.07, 6.45) is -2.05. The topological polar surface area (TPSA) is 63.2 Å². The molecule has 0 amide bonds. The van der Waals surface area contributed by atoms with Gasteiger partial charge in [-0.2, -0.15) is 17.6 Å². The second kappa shape index (κ2) is 13.2. The van der Waals surface area contributed by atoms with E-state index >= 15 is 22.0 Å². The highest BCUT2D eigenvalue weighted by atomic mass is 31.2. The van der Waals surface area contributed by atoms with Gasteiger partial charge in [-0.25, -0.2) is 14.2 Å². The molecule has 0 aliphatic heterocycles. The van der Waals surface area contributed by atoms with Crippen LogP contribution < -0.4 is 0 Å². The fourth-order valence-electron chi connectivity index (χ4n) is 5.19. The molecule has 0 rings (SSSR count). The minimum atomic E-state index is -4.90. The highest BCUT2D eigenvalue weighted by Gasteiger charge is 2.77. The Balaban J connectivity index is 6.44. The lowest BCUT2D eigenvalue weighted by Crippen LogP contribution is -2.66. The molecular formula is C24H46F5O6P. The van der Waals surface area contributed by atoms with E-state index in [-0.39, 0.29) is 38.7 Å². The summed E-state index contributed by atoms with van der Waals surface area (Å²) in [6, 6.07) is 0. The Morgan fingerprint density at radius 3 is 1.42 bits per heavy atom. The zero-order chi connectivity index (χ0) is 28.7. The van der Waals surface area contributed by atoms with Gasteiger partial charge >= 0.3 is 19.4 Å². The predicted molar refractivity (Wildman–Crippen MR) is 129 cm³/mol. The van der Waals surface area contributed by atoms with Gasteiger partial charge in [-0.15, -0.1) is 9.35 Å². The molecule has 0 bridgehead atoms. The summed E-state index contributed by atoms with van der Waals surface area (Å²) in [5.41, 5.74) is -7.03. The third-order valence-corrected chi connectivity index (χ3v) is 10.8. The highest BCUT2D eigenvalue weighted by Crippen LogP contribution is 2.66. The lowest BCUT2D eigenvalue weighted by molar-refractivity contribution is -0.339. The van der Waals surface area contributed by atoms with Crippen LogP contribution in [0.5, 0.6) is 0 Å². The zero-order valence-electron chi connectivity index (χ0n) is 23.4. The minimum Gasteiger partial charge on any atom is -0.362 e. The van der Waals surface area contributed by atoms with Gasteiger partial charge in [-0.1, -0.05) is 48.5 Å². The van der Waals surface area contributed by atoms with E-state index in [1.807, 2.05) is 0 Å². The Bertz CT molecular complexity index is 707. The molecule has 0 saturated heterocycles. The smallest absolute Gasteiger partial charge is 0.362 e. The fraction of sp³-hybridized carbons (Fsp3) is 1.00. The van der Waals surface area contributed by atoms with Gasteiger partial charge in [0.25, 0.3) is 0 Å². The molecule has 0 aliphatic carbocycles. The van der Waals surface area contributed by atoms with Gasteiger partial charge in [0.2, 0.25) is 0 Å². The van der Waals surface area contributed by atoms with E-state index in [0.29, 0.717) is 0 Å². The van der Waals surface area contributed by atoms with E-state index in [1.165, 1.54) is 27.7 Å². The van der Waals surface area contributed by atoms with Crippen LogP contribution >= 0.6 is 7.60 Å². The second-order valence-corrected chi connectivity index (χ2v) is 11.9. The zero-order valence-corrected chi connectivity index (χ0v) is 24.3. The lowest BCUT2D eigenvalue weighted by Gasteiger charge is -2.55. The van der Waals surface area contributed by atoms with Crippen LogP contribution in [-0.2, 0) is 28.4 Å². The van der Waals surface area contributed by atoms with Gasteiger partial charge in [0, 0.05) is 12.0 Å². The van der Waals surface area contributed by atoms with E-state index in [4.69, 9.17) is 14.1 Å². The van der Waals surface area contributed by atoms with Crippen molar-refractivity contribution >= 4 is 7.60 Å². The van der Waals surface area contributed by atoms with Crippen molar-refractivity contribution in [2.75, 3.05) is 20.8 Å². The number of alkyl halides is 5. The van der Waals surface area contributed by atoms with Crippen molar-refractivity contribution in [3.05, 3.63) is 0 Å². The molecule has 218 valence electrons. The molecule has 0 heterocycles. The normalized spacial score (nSPS) is 17.6. The van der Waals surface area contributed by atoms with Gasteiger partial charge in [-0.3, -0.25) is 4.57 Å². The van der Waals surface area contributed by atoms with Crippen LogP contribution in [0.4, 0.5) is 22.0 Å². The maximum atomic E-state index is 16.0. The summed E-state index contributed by atoms with van der Waals surface area (Å²) in [7, 11) is -1.93. The van der Waals surface area contributed by atoms with Crippen molar-refractivity contribution in [1.82, 2.24) is 0 Å². The molecule has 0 radical (unpaired) electrons. The van der Waals surface area contributed by atoms with Gasteiger partial charge in [0.1, 0.15) is 0 Å². The molecule has 0 aromatic carbocycles. The maximum Gasteiger partial charge on any atom is 0.415 e. The average molecular weight is 557 g/mol. The molecule has 0 fully saturated rings. The molecular weight excluding hydrogens is 510 g/mol. The number of rotatable bonds is 19. The third-order valence-electron chi connectivity index (χ3n) is 8.47. The van der Waals surface area contributed by atoms with Crippen LogP contribution in [0.2, 0.25) is 0 Å².